The highest BCUT2D eigenvalue weighted by Crippen LogP contribution is 2.33. The minimum Gasteiger partial charge on any atom is -0.497 e. The van der Waals surface area contributed by atoms with Gasteiger partial charge in [0.1, 0.15) is 11.5 Å². The van der Waals surface area contributed by atoms with E-state index in [4.69, 9.17) is 9.47 Å². The van der Waals surface area contributed by atoms with Crippen molar-refractivity contribution < 1.29 is 19.7 Å². The van der Waals surface area contributed by atoms with Crippen LogP contribution in [0, 0.1) is 0 Å². The number of pyridine rings is 1. The standard InChI is InChI=1S/C24H28N2O4/c1-29-20-6-8-21(9-7-20)30-23(27)10-13-26-14-11-24(28,12-15-26)19-16-18-4-2-3-5-22(18)25-17-19/h2-9,16-17,23,27-28H,10-15H2,1H3. The van der Waals surface area contributed by atoms with Crippen molar-refractivity contribution in [3.05, 3.63) is 66.4 Å². The number of likely N-dealkylation sites (tertiary alicyclic amines) is 1. The lowest BCUT2D eigenvalue weighted by Crippen LogP contribution is -2.43. The molecule has 0 aliphatic carbocycles. The van der Waals surface area contributed by atoms with E-state index in [1.54, 1.807) is 37.6 Å². The summed E-state index contributed by atoms with van der Waals surface area (Å²) in [5.41, 5.74) is 0.961. The largest absolute Gasteiger partial charge is 0.497 e. The molecule has 1 saturated heterocycles. The van der Waals surface area contributed by atoms with Gasteiger partial charge in [-0.2, -0.15) is 0 Å². The van der Waals surface area contributed by atoms with Crippen molar-refractivity contribution in [2.45, 2.75) is 31.2 Å². The number of para-hydroxylation sites is 1. The number of aromatic nitrogens is 1. The number of hydrogen-bond donors (Lipinski definition) is 2. The summed E-state index contributed by atoms with van der Waals surface area (Å²) in [6.45, 7) is 2.24. The van der Waals surface area contributed by atoms with E-state index in [9.17, 15) is 10.2 Å². The predicted octanol–water partition coefficient (Wildman–Crippen LogP) is 3.31. The monoisotopic (exact) mass is 408 g/mol. The summed E-state index contributed by atoms with van der Waals surface area (Å²) in [6, 6.07) is 17.2. The molecular formula is C24H28N2O4. The van der Waals surface area contributed by atoms with Crippen LogP contribution in [0.5, 0.6) is 11.5 Å². The Balaban J connectivity index is 1.28. The van der Waals surface area contributed by atoms with Gasteiger partial charge in [0.15, 0.2) is 6.29 Å². The van der Waals surface area contributed by atoms with Gasteiger partial charge in [-0.25, -0.2) is 0 Å². The van der Waals surface area contributed by atoms with Crippen LogP contribution in [0.4, 0.5) is 0 Å². The summed E-state index contributed by atoms with van der Waals surface area (Å²) >= 11 is 0. The van der Waals surface area contributed by atoms with Crippen LogP contribution in [0.25, 0.3) is 10.9 Å². The highest BCUT2D eigenvalue weighted by Gasteiger charge is 2.34. The number of aliphatic hydroxyl groups is 2. The molecule has 0 radical (unpaired) electrons. The van der Waals surface area contributed by atoms with Crippen LogP contribution in [0.2, 0.25) is 0 Å². The van der Waals surface area contributed by atoms with Crippen molar-refractivity contribution >= 4 is 10.9 Å². The second-order valence-corrected chi connectivity index (χ2v) is 7.83. The Bertz CT molecular complexity index is 968. The molecule has 0 amide bonds. The quantitative estimate of drug-likeness (QED) is 0.584. The van der Waals surface area contributed by atoms with Gasteiger partial charge in [-0.15, -0.1) is 0 Å². The van der Waals surface area contributed by atoms with Crippen LogP contribution < -0.4 is 9.47 Å². The van der Waals surface area contributed by atoms with Crippen molar-refractivity contribution in [2.75, 3.05) is 26.7 Å². The van der Waals surface area contributed by atoms with E-state index < -0.39 is 11.9 Å². The first-order valence-corrected chi connectivity index (χ1v) is 10.3. The summed E-state index contributed by atoms with van der Waals surface area (Å²) in [5, 5.41) is 22.4. The molecule has 0 saturated carbocycles. The smallest absolute Gasteiger partial charge is 0.198 e. The van der Waals surface area contributed by atoms with Crippen LogP contribution in [0.15, 0.2) is 60.8 Å². The number of hydrogen-bond acceptors (Lipinski definition) is 6. The molecule has 1 aliphatic rings. The normalized spacial score (nSPS) is 17.6. The molecule has 6 nitrogen and oxygen atoms in total. The van der Waals surface area contributed by atoms with Gasteiger partial charge >= 0.3 is 0 Å². The number of benzene rings is 2. The number of rotatable bonds is 7. The SMILES string of the molecule is COc1ccc(OC(O)CCN2CCC(O)(c3cnc4ccccc4c3)CC2)cc1. The van der Waals surface area contributed by atoms with Crippen LogP contribution in [-0.2, 0) is 5.60 Å². The average molecular weight is 408 g/mol. The first kappa shape index (κ1) is 20.6. The lowest BCUT2D eigenvalue weighted by atomic mass is 9.85. The molecule has 30 heavy (non-hydrogen) atoms. The Morgan fingerprint density at radius 2 is 1.77 bits per heavy atom. The highest BCUT2D eigenvalue weighted by atomic mass is 16.6. The molecule has 1 atom stereocenters. The molecule has 1 aliphatic heterocycles. The molecule has 158 valence electrons. The van der Waals surface area contributed by atoms with Crippen molar-refractivity contribution in [3.8, 4) is 11.5 Å². The van der Waals surface area contributed by atoms with Gasteiger partial charge in [-0.05, 0) is 49.2 Å². The number of methoxy groups -OCH3 is 1. The Labute approximate surface area is 176 Å². The third-order valence-corrected chi connectivity index (χ3v) is 5.83. The molecule has 0 spiro atoms. The molecule has 2 aromatic carbocycles. The predicted molar refractivity (Wildman–Crippen MR) is 116 cm³/mol. The van der Waals surface area contributed by atoms with Crippen LogP contribution in [0.1, 0.15) is 24.8 Å². The van der Waals surface area contributed by atoms with E-state index in [0.717, 1.165) is 35.3 Å². The molecule has 0 bridgehead atoms. The van der Waals surface area contributed by atoms with Crippen molar-refractivity contribution in [1.29, 1.82) is 0 Å². The average Bonchev–Trinajstić information content (AvgIpc) is 2.79. The molecule has 2 N–H and O–H groups in total. The zero-order valence-electron chi connectivity index (χ0n) is 17.2. The molecule has 6 heteroatoms. The van der Waals surface area contributed by atoms with Crippen molar-refractivity contribution in [2.24, 2.45) is 0 Å². The van der Waals surface area contributed by atoms with Crippen molar-refractivity contribution in [3.63, 3.8) is 0 Å². The van der Waals surface area contributed by atoms with Gasteiger partial charge in [0, 0.05) is 43.2 Å². The van der Waals surface area contributed by atoms with E-state index in [2.05, 4.69) is 9.88 Å². The number of ether oxygens (including phenoxy) is 2. The maximum Gasteiger partial charge on any atom is 0.198 e. The van der Waals surface area contributed by atoms with Crippen LogP contribution >= 0.6 is 0 Å². The minimum atomic E-state index is -0.871. The fourth-order valence-corrected chi connectivity index (χ4v) is 3.92. The van der Waals surface area contributed by atoms with Gasteiger partial charge in [0.2, 0.25) is 0 Å². The fourth-order valence-electron chi connectivity index (χ4n) is 3.92. The topological polar surface area (TPSA) is 75.0 Å². The van der Waals surface area contributed by atoms with Crippen LogP contribution in [-0.4, -0.2) is 53.1 Å². The lowest BCUT2D eigenvalue weighted by molar-refractivity contribution is -0.0476. The summed E-state index contributed by atoms with van der Waals surface area (Å²) in [4.78, 5) is 6.75. The van der Waals surface area contributed by atoms with E-state index in [-0.39, 0.29) is 0 Å². The first-order valence-electron chi connectivity index (χ1n) is 10.3. The van der Waals surface area contributed by atoms with Crippen molar-refractivity contribution in [1.82, 2.24) is 9.88 Å². The third-order valence-electron chi connectivity index (χ3n) is 5.83. The van der Waals surface area contributed by atoms with Crippen LogP contribution in [0.3, 0.4) is 0 Å². The zero-order valence-corrected chi connectivity index (χ0v) is 17.2. The first-order chi connectivity index (χ1) is 14.6. The number of aliphatic hydroxyl groups excluding tert-OH is 1. The maximum absolute atomic E-state index is 11.2. The Hall–Kier alpha value is -2.67. The molecule has 1 unspecified atom stereocenters. The van der Waals surface area contributed by atoms with Gasteiger partial charge in [-0.1, -0.05) is 18.2 Å². The lowest BCUT2D eigenvalue weighted by Gasteiger charge is -2.38. The van der Waals surface area contributed by atoms with Gasteiger partial charge in [0.25, 0.3) is 0 Å². The van der Waals surface area contributed by atoms with E-state index in [1.807, 2.05) is 30.3 Å². The third kappa shape index (κ3) is 4.73. The fraction of sp³-hybridized carbons (Fsp3) is 0.375. The summed E-state index contributed by atoms with van der Waals surface area (Å²) in [6.07, 6.45) is 2.71. The number of nitrogens with zero attached hydrogens (tertiary/aromatic N) is 2. The Morgan fingerprint density at radius 1 is 1.07 bits per heavy atom. The maximum atomic E-state index is 11.2. The second kappa shape index (κ2) is 9.00. The highest BCUT2D eigenvalue weighted by molar-refractivity contribution is 5.78. The molecule has 4 rings (SSSR count). The molecule has 1 fully saturated rings. The molecule has 1 aromatic heterocycles. The summed E-state index contributed by atoms with van der Waals surface area (Å²) in [7, 11) is 1.61. The molecule has 3 aromatic rings. The summed E-state index contributed by atoms with van der Waals surface area (Å²) in [5.74, 6) is 1.36. The number of fused-ring (bicyclic) bond motifs is 1. The Morgan fingerprint density at radius 3 is 2.50 bits per heavy atom. The minimum absolute atomic E-state index is 0.502. The second-order valence-electron chi connectivity index (χ2n) is 7.83. The van der Waals surface area contributed by atoms with E-state index >= 15 is 0 Å². The van der Waals surface area contributed by atoms with Gasteiger partial charge in [0.05, 0.1) is 18.2 Å². The van der Waals surface area contributed by atoms with Gasteiger partial charge in [-0.3, -0.25) is 4.98 Å². The molecular weight excluding hydrogens is 380 g/mol. The Kier molecular flexibility index (Phi) is 6.18. The molecule has 2 heterocycles. The zero-order chi connectivity index (χ0) is 21.0. The van der Waals surface area contributed by atoms with Gasteiger partial charge < -0.3 is 24.6 Å². The van der Waals surface area contributed by atoms with E-state index in [0.29, 0.717) is 31.6 Å². The summed E-state index contributed by atoms with van der Waals surface area (Å²) < 4.78 is 10.7. The number of piperidine rings is 1. The van der Waals surface area contributed by atoms with E-state index in [1.165, 1.54) is 0 Å².